The molecule has 115 heavy (non-hydrogen) atoms. The molecule has 6 rings (SSSR count). The molecular formula is C76H103N19O19S. The second kappa shape index (κ2) is 46.0. The van der Waals surface area contributed by atoms with Gasteiger partial charge in [0.05, 0.1) is 26.2 Å². The number of nitrogens with two attached hydrogens (primary N) is 5. The van der Waals surface area contributed by atoms with Crippen molar-refractivity contribution in [2.24, 2.45) is 28.7 Å². The van der Waals surface area contributed by atoms with Gasteiger partial charge in [0.15, 0.2) is 0 Å². The maximum Gasteiger partial charge on any atom is 0.245 e. The SMILES string of the molecule is COc1ccc(C[C@H](NC(=O)[C@@H]2CSCC[C@H](NC(C)=O)C(=O)N[C@@H](CCC(N)=O)C(=O)N[C@@H]([C@@H](C)O)C(=O)N[C@@H](Cc3c[nH]c4ccccc34)C(=O)N[C@@H](CCC(N)=O)C(=O)N2)C(=O)N[C@@H](Cc2ccc3ccccc3c2)C(=O)N[C@@H](CCCN)C(=O)N[C@@H](CCCCNC(C)=O)C(=O)N[C@@H](CC(N)=O)C(=O)NCC(N)=O)cc1. The van der Waals surface area contributed by atoms with Crippen molar-refractivity contribution in [1.29, 1.82) is 0 Å². The molecule has 12 atom stereocenters. The summed E-state index contributed by atoms with van der Waals surface area (Å²) in [5.41, 5.74) is 29.7. The van der Waals surface area contributed by atoms with E-state index in [1.54, 1.807) is 85.1 Å². The van der Waals surface area contributed by atoms with Crippen LogP contribution in [0, 0.1) is 0 Å². The molecule has 0 unspecified atom stereocenters. The molecule has 4 aromatic carbocycles. The lowest BCUT2D eigenvalue weighted by atomic mass is 9.99. The van der Waals surface area contributed by atoms with Crippen molar-refractivity contribution >= 4 is 134 Å². The van der Waals surface area contributed by atoms with Crippen molar-refractivity contribution in [2.75, 3.05) is 38.2 Å². The first-order valence-corrected chi connectivity index (χ1v) is 38.5. The molecule has 622 valence electrons. The van der Waals surface area contributed by atoms with Crippen LogP contribution in [0.25, 0.3) is 21.7 Å². The van der Waals surface area contributed by atoms with Gasteiger partial charge in [-0.15, -0.1) is 0 Å². The largest absolute Gasteiger partial charge is 0.497 e. The third kappa shape index (κ3) is 30.6. The first kappa shape index (κ1) is 91.6. The smallest absolute Gasteiger partial charge is 0.245 e. The van der Waals surface area contributed by atoms with E-state index < -0.39 is 211 Å². The molecule has 1 aliphatic rings. The van der Waals surface area contributed by atoms with E-state index >= 15 is 19.2 Å². The third-order valence-corrected chi connectivity index (χ3v) is 19.5. The number of thioether (sulfide) groups is 1. The van der Waals surface area contributed by atoms with Gasteiger partial charge in [-0.2, -0.15) is 11.8 Å². The minimum absolute atomic E-state index is 0.0235. The molecule has 25 N–H and O–H groups in total. The van der Waals surface area contributed by atoms with Crippen LogP contribution in [0.2, 0.25) is 0 Å². The number of ether oxygens (including phenoxy) is 1. The Kier molecular flexibility index (Phi) is 36.7. The Balaban J connectivity index is 1.43. The number of benzene rings is 4. The predicted octanol–water partition coefficient (Wildman–Crippen LogP) is -4.72. The van der Waals surface area contributed by atoms with Crippen LogP contribution >= 0.6 is 11.8 Å². The number of rotatable bonds is 38. The maximum atomic E-state index is 15.6. The van der Waals surface area contributed by atoms with E-state index in [2.05, 4.69) is 74.1 Å². The molecule has 0 bridgehead atoms. The highest BCUT2D eigenvalue weighted by Crippen LogP contribution is 2.22. The Bertz CT molecular complexity index is 4310. The number of primary amides is 4. The lowest BCUT2D eigenvalue weighted by Crippen LogP contribution is -2.62. The molecular weight excluding hydrogens is 1520 g/mol. The standard InChI is InChI=1S/C76H103N19O19S/c1-40(96)65-76(113)93-58(35-47-37-83-50-15-8-7-14-49(47)50)74(111)89-53(24-26-61(78)99)69(106)94-60(39-115-31-28-55(85-42(3)98)70(107)88-54(71(108)95-65)25-27-62(79)100)75(112)91-56(33-43-19-22-48(114-4)23-20-43)73(110)90-57(34-44-18-21-45-12-5-6-13-46(45)32-44)72(109)87-52(17-11-29-77)67(104)86-51(16-9-10-30-82-41(2)97)68(105)92-59(36-63(80)101)66(103)84-38-64(81)102/h5-8,12-15,18-23,32,37,40,51-60,65,83,96H,9-11,16-17,24-31,33-36,38-39,77H2,1-4H3,(H2,78,99)(H2,79,100)(H2,80,101)(H2,81,102)(H,82,97)(H,84,103)(H,85,98)(H,86,104)(H,87,109)(H,88,107)(H,89,111)(H,90,110)(H,91,112)(H,92,105)(H,93,113)(H,94,106)(H,95,108)/t40-,51+,52+,53+,54+,55+,56+,57+,58+,59+,60+,65+/m1/s1. The number of unbranched alkanes of at least 4 members (excludes halogenated alkanes) is 1. The molecule has 1 aromatic heterocycles. The lowest BCUT2D eigenvalue weighted by Gasteiger charge is -2.29. The molecule has 1 aliphatic heterocycles. The molecule has 2 heterocycles. The summed E-state index contributed by atoms with van der Waals surface area (Å²) in [6, 6.07) is 7.40. The van der Waals surface area contributed by atoms with E-state index in [-0.39, 0.29) is 82.5 Å². The van der Waals surface area contributed by atoms with Gasteiger partial charge < -0.3 is 113 Å². The third-order valence-electron chi connectivity index (χ3n) is 18.4. The van der Waals surface area contributed by atoms with E-state index in [1.165, 1.54) is 14.0 Å². The van der Waals surface area contributed by atoms with Crippen LogP contribution in [-0.4, -0.2) is 221 Å². The number of hydrogen-bond donors (Lipinski definition) is 20. The molecule has 38 nitrogen and oxygen atoms in total. The van der Waals surface area contributed by atoms with Crippen LogP contribution in [0.4, 0.5) is 0 Å². The zero-order valence-corrected chi connectivity index (χ0v) is 65.0. The monoisotopic (exact) mass is 1620 g/mol. The molecule has 0 aliphatic carbocycles. The molecule has 1 fully saturated rings. The van der Waals surface area contributed by atoms with Crippen molar-refractivity contribution in [3.8, 4) is 5.75 Å². The van der Waals surface area contributed by atoms with E-state index in [9.17, 15) is 67.4 Å². The van der Waals surface area contributed by atoms with Crippen molar-refractivity contribution < 1.29 is 91.4 Å². The van der Waals surface area contributed by atoms with E-state index in [0.717, 1.165) is 36.4 Å². The summed E-state index contributed by atoms with van der Waals surface area (Å²) in [6.07, 6.45) is -3.98. The molecule has 39 heteroatoms. The van der Waals surface area contributed by atoms with Crippen molar-refractivity contribution in [3.63, 3.8) is 0 Å². The number of methoxy groups -OCH3 is 1. The van der Waals surface area contributed by atoms with Crippen LogP contribution in [0.1, 0.15) is 108 Å². The average molecular weight is 1620 g/mol. The highest BCUT2D eigenvalue weighted by molar-refractivity contribution is 7.99. The summed E-state index contributed by atoms with van der Waals surface area (Å²) in [5.74, 6) is -16.5. The highest BCUT2D eigenvalue weighted by Gasteiger charge is 2.39. The Morgan fingerprint density at radius 3 is 1.70 bits per heavy atom. The lowest BCUT2D eigenvalue weighted by molar-refractivity contribution is -0.137. The minimum Gasteiger partial charge on any atom is -0.497 e. The summed E-state index contributed by atoms with van der Waals surface area (Å²) >= 11 is 0.932. The topological polar surface area (TPSA) is 622 Å². The molecule has 17 amide bonds. The Morgan fingerprint density at radius 2 is 1.10 bits per heavy atom. The maximum absolute atomic E-state index is 15.6. The number of aliphatic hydroxyl groups excluding tert-OH is 1. The average Bonchev–Trinajstić information content (AvgIpc) is 1.61. The quantitative estimate of drug-likeness (QED) is 0.0165. The summed E-state index contributed by atoms with van der Waals surface area (Å²) in [6.45, 7) is 3.00. The van der Waals surface area contributed by atoms with E-state index in [1.807, 2.05) is 12.1 Å². The minimum atomic E-state index is -1.88. The van der Waals surface area contributed by atoms with Crippen LogP contribution in [0.5, 0.6) is 5.75 Å². The summed E-state index contributed by atoms with van der Waals surface area (Å²) in [7, 11) is 1.41. The predicted molar refractivity (Wildman–Crippen MR) is 421 cm³/mol. The fourth-order valence-electron chi connectivity index (χ4n) is 12.4. The molecule has 5 aromatic rings. The number of aromatic amines is 1. The van der Waals surface area contributed by atoms with Gasteiger partial charge in [-0.05, 0) is 116 Å². The second-order valence-corrected chi connectivity index (χ2v) is 28.8. The number of para-hydroxylation sites is 1. The number of amides is 17. The van der Waals surface area contributed by atoms with Gasteiger partial charge >= 0.3 is 0 Å². The fraction of sp³-hybridized carbons (Fsp3) is 0.461. The van der Waals surface area contributed by atoms with Gasteiger partial charge in [-0.1, -0.05) is 72.8 Å². The van der Waals surface area contributed by atoms with Gasteiger partial charge in [0.25, 0.3) is 0 Å². The summed E-state index contributed by atoms with van der Waals surface area (Å²) in [5, 5.41) is 46.4. The summed E-state index contributed by atoms with van der Waals surface area (Å²) < 4.78 is 5.40. The van der Waals surface area contributed by atoms with Crippen LogP contribution in [-0.2, 0) is 101 Å². The van der Waals surface area contributed by atoms with Crippen LogP contribution in [0.3, 0.4) is 0 Å². The van der Waals surface area contributed by atoms with E-state index in [0.29, 0.717) is 33.3 Å². The number of H-pyrrole nitrogens is 1. The first-order valence-electron chi connectivity index (χ1n) is 37.3. The van der Waals surface area contributed by atoms with Gasteiger partial charge in [0.1, 0.15) is 72.2 Å². The Hall–Kier alpha value is -12.3. The number of carbonyl (C=O) groups is 17. The number of aromatic nitrogens is 1. The van der Waals surface area contributed by atoms with Crippen LogP contribution in [0.15, 0.2) is 97.2 Å². The number of hydrogen-bond acceptors (Lipinski definition) is 21. The van der Waals surface area contributed by atoms with Crippen LogP contribution < -0.4 is 103 Å². The highest BCUT2D eigenvalue weighted by atomic mass is 32.2. The number of carbonyl (C=O) groups excluding carboxylic acids is 17. The van der Waals surface area contributed by atoms with Gasteiger partial charge in [-0.3, -0.25) is 81.5 Å². The van der Waals surface area contributed by atoms with Gasteiger partial charge in [0.2, 0.25) is 100 Å². The molecule has 0 saturated carbocycles. The number of nitrogens with one attached hydrogen (secondary N) is 14. The normalized spacial score (nSPS) is 18.7. The second-order valence-electron chi connectivity index (χ2n) is 27.7. The van der Waals surface area contributed by atoms with E-state index in [4.69, 9.17) is 33.4 Å². The fourth-order valence-corrected chi connectivity index (χ4v) is 13.4. The number of aliphatic hydroxyl groups is 1. The Morgan fingerprint density at radius 1 is 0.557 bits per heavy atom. The zero-order valence-electron chi connectivity index (χ0n) is 64.2. The van der Waals surface area contributed by atoms with Crippen molar-refractivity contribution in [3.05, 3.63) is 114 Å². The van der Waals surface area contributed by atoms with Gasteiger partial charge in [-0.25, -0.2) is 0 Å². The Labute approximate surface area is 666 Å². The molecule has 1 saturated heterocycles. The van der Waals surface area contributed by atoms with Crippen molar-refractivity contribution in [2.45, 2.75) is 183 Å². The van der Waals surface area contributed by atoms with Crippen molar-refractivity contribution in [1.82, 2.24) is 74.1 Å². The zero-order chi connectivity index (χ0) is 84.4. The molecule has 0 radical (unpaired) electrons. The molecule has 0 spiro atoms. The number of fused-ring (bicyclic) bond motifs is 2. The summed E-state index contributed by atoms with van der Waals surface area (Å²) in [4.78, 5) is 238. The van der Waals surface area contributed by atoms with Gasteiger partial charge in [0, 0.05) is 75.3 Å². The first-order chi connectivity index (χ1) is 54.7.